The quantitative estimate of drug-likeness (QED) is 0.145. The number of benzene rings is 2. The second kappa shape index (κ2) is 14.5. The predicted molar refractivity (Wildman–Crippen MR) is 151 cm³/mol. The minimum atomic E-state index is -3.03. The third-order valence-electron chi connectivity index (χ3n) is 6.38. The highest BCUT2D eigenvalue weighted by atomic mass is 35.5. The zero-order valence-corrected chi connectivity index (χ0v) is 24.0. The summed E-state index contributed by atoms with van der Waals surface area (Å²) in [6.07, 6.45) is 4.05. The molecule has 1 saturated carbocycles. The minimum Gasteiger partial charge on any atom is -0.495 e. The number of aromatic nitrogens is 1. The van der Waals surface area contributed by atoms with E-state index in [2.05, 4.69) is 15.0 Å². The van der Waals surface area contributed by atoms with Crippen LogP contribution in [-0.2, 0) is 15.9 Å². The molecule has 0 amide bonds. The second-order valence-corrected chi connectivity index (χ2v) is 10.2. The lowest BCUT2D eigenvalue weighted by Crippen LogP contribution is -2.16. The van der Waals surface area contributed by atoms with Gasteiger partial charge in [-0.15, -0.1) is 0 Å². The number of halogens is 4. The fourth-order valence-corrected chi connectivity index (χ4v) is 4.55. The van der Waals surface area contributed by atoms with Crippen molar-refractivity contribution in [3.8, 4) is 17.2 Å². The number of nitrogens with one attached hydrogen (secondary N) is 1. The van der Waals surface area contributed by atoms with Crippen molar-refractivity contribution in [2.24, 2.45) is 5.92 Å². The minimum absolute atomic E-state index is 0.0815. The SMILES string of the molecule is COCCNc1cc(C(=O)O[C@@H](Cc2c(Cl)cncc2Cl)c2ccc(OC(F)F)c(OCC3CC3)c2)ccc1OC. The molecule has 1 atom stereocenters. The van der Waals surface area contributed by atoms with Gasteiger partial charge in [0.05, 0.1) is 41.6 Å². The van der Waals surface area contributed by atoms with Gasteiger partial charge in [-0.3, -0.25) is 4.98 Å². The van der Waals surface area contributed by atoms with Crippen molar-refractivity contribution < 1.29 is 37.3 Å². The van der Waals surface area contributed by atoms with Crippen LogP contribution in [0.4, 0.5) is 14.5 Å². The number of hydrogen-bond donors (Lipinski definition) is 1. The number of carbonyl (C=O) groups excluding carboxylic acids is 1. The van der Waals surface area contributed by atoms with Gasteiger partial charge in [-0.2, -0.15) is 8.78 Å². The van der Waals surface area contributed by atoms with Crippen molar-refractivity contribution in [2.45, 2.75) is 32.0 Å². The van der Waals surface area contributed by atoms with E-state index >= 15 is 0 Å². The number of carbonyl (C=O) groups is 1. The lowest BCUT2D eigenvalue weighted by molar-refractivity contribution is -0.0515. The zero-order chi connectivity index (χ0) is 29.4. The van der Waals surface area contributed by atoms with Crippen LogP contribution in [0.1, 0.15) is 40.4 Å². The summed E-state index contributed by atoms with van der Waals surface area (Å²) < 4.78 is 53.1. The molecule has 1 aromatic heterocycles. The number of pyridine rings is 1. The Kier molecular flexibility index (Phi) is 10.8. The monoisotopic (exact) mass is 610 g/mol. The van der Waals surface area contributed by atoms with Crippen molar-refractivity contribution in [1.29, 1.82) is 0 Å². The Hall–Kier alpha value is -3.34. The Balaban J connectivity index is 1.66. The van der Waals surface area contributed by atoms with Gasteiger partial charge >= 0.3 is 12.6 Å². The summed E-state index contributed by atoms with van der Waals surface area (Å²) in [5, 5.41) is 3.74. The number of methoxy groups -OCH3 is 2. The third kappa shape index (κ3) is 8.58. The summed E-state index contributed by atoms with van der Waals surface area (Å²) in [6.45, 7) is -1.73. The van der Waals surface area contributed by atoms with Crippen LogP contribution in [0.2, 0.25) is 10.0 Å². The van der Waals surface area contributed by atoms with Gasteiger partial charge in [-0.1, -0.05) is 29.3 Å². The average molecular weight is 611 g/mol. The Morgan fingerprint density at radius 2 is 1.78 bits per heavy atom. The van der Waals surface area contributed by atoms with Crippen LogP contribution in [0.25, 0.3) is 0 Å². The summed E-state index contributed by atoms with van der Waals surface area (Å²) in [5.74, 6) is 0.273. The number of nitrogens with zero attached hydrogens (tertiary/aromatic N) is 1. The molecule has 0 bridgehead atoms. The molecule has 1 aliphatic carbocycles. The molecule has 1 N–H and O–H groups in total. The fourth-order valence-electron chi connectivity index (χ4n) is 4.03. The van der Waals surface area contributed by atoms with Crippen LogP contribution in [-0.4, -0.2) is 51.5 Å². The lowest BCUT2D eigenvalue weighted by Gasteiger charge is -2.22. The van der Waals surface area contributed by atoms with E-state index in [4.69, 9.17) is 42.1 Å². The van der Waals surface area contributed by atoms with Crippen LogP contribution in [0.5, 0.6) is 17.2 Å². The van der Waals surface area contributed by atoms with E-state index in [1.165, 1.54) is 37.7 Å². The molecule has 4 rings (SSSR count). The van der Waals surface area contributed by atoms with Gasteiger partial charge in [-0.05, 0) is 60.2 Å². The molecule has 0 radical (unpaired) electrons. The maximum atomic E-state index is 13.4. The molecular weight excluding hydrogens is 581 g/mol. The van der Waals surface area contributed by atoms with Crippen molar-refractivity contribution in [1.82, 2.24) is 4.98 Å². The Bertz CT molecular complexity index is 1320. The smallest absolute Gasteiger partial charge is 0.387 e. The molecule has 0 spiro atoms. The molecular formula is C29H30Cl2F2N2O6. The number of alkyl halides is 2. The first-order chi connectivity index (χ1) is 19.8. The van der Waals surface area contributed by atoms with Crippen molar-refractivity contribution in [2.75, 3.05) is 39.3 Å². The molecule has 1 aliphatic rings. The molecule has 0 saturated heterocycles. The average Bonchev–Trinajstić information content (AvgIpc) is 3.78. The highest BCUT2D eigenvalue weighted by Gasteiger charge is 2.26. The van der Waals surface area contributed by atoms with E-state index in [-0.39, 0.29) is 33.5 Å². The summed E-state index contributed by atoms with van der Waals surface area (Å²) in [4.78, 5) is 17.4. The highest BCUT2D eigenvalue weighted by Crippen LogP contribution is 2.38. The first kappa shape index (κ1) is 30.6. The van der Waals surface area contributed by atoms with Crippen LogP contribution >= 0.6 is 23.2 Å². The van der Waals surface area contributed by atoms with Gasteiger partial charge in [0.1, 0.15) is 11.9 Å². The van der Waals surface area contributed by atoms with E-state index in [0.717, 1.165) is 12.8 Å². The van der Waals surface area contributed by atoms with Crippen LogP contribution in [0.3, 0.4) is 0 Å². The van der Waals surface area contributed by atoms with Crippen molar-refractivity contribution in [3.05, 3.63) is 75.5 Å². The topological polar surface area (TPSA) is 88.1 Å². The van der Waals surface area contributed by atoms with Gasteiger partial charge in [0.25, 0.3) is 0 Å². The fraction of sp³-hybridized carbons (Fsp3) is 0.379. The number of esters is 1. The molecule has 0 unspecified atom stereocenters. The Labute approximate surface area is 246 Å². The third-order valence-corrected chi connectivity index (χ3v) is 7.03. The summed E-state index contributed by atoms with van der Waals surface area (Å²) in [7, 11) is 3.11. The largest absolute Gasteiger partial charge is 0.495 e. The number of anilines is 1. The molecule has 1 heterocycles. The molecule has 220 valence electrons. The first-order valence-corrected chi connectivity index (χ1v) is 13.7. The lowest BCUT2D eigenvalue weighted by atomic mass is 10.0. The van der Waals surface area contributed by atoms with E-state index in [9.17, 15) is 13.6 Å². The van der Waals surface area contributed by atoms with E-state index < -0.39 is 18.7 Å². The van der Waals surface area contributed by atoms with Gasteiger partial charge in [0, 0.05) is 32.5 Å². The normalized spacial score (nSPS) is 13.5. The number of rotatable bonds is 15. The molecule has 8 nitrogen and oxygen atoms in total. The number of hydrogen-bond acceptors (Lipinski definition) is 8. The van der Waals surface area contributed by atoms with Gasteiger partial charge in [0.15, 0.2) is 11.5 Å². The molecule has 0 aliphatic heterocycles. The number of ether oxygens (including phenoxy) is 5. The maximum absolute atomic E-state index is 13.4. The van der Waals surface area contributed by atoms with Gasteiger partial charge in [0.2, 0.25) is 0 Å². The van der Waals surface area contributed by atoms with Gasteiger partial charge in [-0.25, -0.2) is 4.79 Å². The molecule has 2 aromatic carbocycles. The highest BCUT2D eigenvalue weighted by molar-refractivity contribution is 6.35. The van der Waals surface area contributed by atoms with Crippen LogP contribution < -0.4 is 19.5 Å². The first-order valence-electron chi connectivity index (χ1n) is 12.9. The summed E-state index contributed by atoms with van der Waals surface area (Å²) in [6, 6.07) is 9.28. The van der Waals surface area contributed by atoms with E-state index in [1.54, 1.807) is 25.3 Å². The van der Waals surface area contributed by atoms with Crippen LogP contribution in [0, 0.1) is 5.92 Å². The molecule has 12 heteroatoms. The molecule has 3 aromatic rings. The van der Waals surface area contributed by atoms with E-state index in [1.807, 2.05) is 0 Å². The van der Waals surface area contributed by atoms with E-state index in [0.29, 0.717) is 48.2 Å². The zero-order valence-electron chi connectivity index (χ0n) is 22.5. The molecule has 1 fully saturated rings. The van der Waals surface area contributed by atoms with Crippen molar-refractivity contribution >= 4 is 34.9 Å². The Morgan fingerprint density at radius 1 is 1.05 bits per heavy atom. The second-order valence-electron chi connectivity index (χ2n) is 9.35. The van der Waals surface area contributed by atoms with Crippen molar-refractivity contribution in [3.63, 3.8) is 0 Å². The molecule has 41 heavy (non-hydrogen) atoms. The maximum Gasteiger partial charge on any atom is 0.387 e. The summed E-state index contributed by atoms with van der Waals surface area (Å²) in [5.41, 5.74) is 1.82. The standard InChI is InChI=1S/C29H30Cl2F2N2O6/c1-37-10-9-35-23-11-19(6-7-24(23)38-2)28(36)40-26(13-20-21(30)14-34-15-22(20)31)18-5-8-25(41-29(32)33)27(12-18)39-16-17-3-4-17/h5-8,11-12,14-15,17,26,29,35H,3-4,9-10,13,16H2,1-2H3/t26-/m0/s1. The van der Waals surface area contributed by atoms with Gasteiger partial charge < -0.3 is 29.0 Å². The summed E-state index contributed by atoms with van der Waals surface area (Å²) >= 11 is 12.8. The predicted octanol–water partition coefficient (Wildman–Crippen LogP) is 6.99. The Morgan fingerprint density at radius 3 is 2.44 bits per heavy atom. The van der Waals surface area contributed by atoms with Crippen LogP contribution in [0.15, 0.2) is 48.8 Å².